The van der Waals surface area contributed by atoms with Crippen molar-refractivity contribution in [1.29, 1.82) is 0 Å². The lowest BCUT2D eigenvalue weighted by atomic mass is 10.2. The summed E-state index contributed by atoms with van der Waals surface area (Å²) in [7, 11) is 1.29. The molecule has 8 nitrogen and oxygen atoms in total. The van der Waals surface area contributed by atoms with Crippen molar-refractivity contribution in [2.45, 2.75) is 12.8 Å². The number of carbonyl (C=O) groups is 2. The summed E-state index contributed by atoms with van der Waals surface area (Å²) in [6.45, 7) is 0. The van der Waals surface area contributed by atoms with E-state index in [4.69, 9.17) is 11.6 Å². The maximum Gasteiger partial charge on any atom is 0.337 e. The van der Waals surface area contributed by atoms with Crippen molar-refractivity contribution >= 4 is 45.5 Å². The Morgan fingerprint density at radius 2 is 2.25 bits per heavy atom. The summed E-state index contributed by atoms with van der Waals surface area (Å²) in [5, 5.41) is 15.7. The van der Waals surface area contributed by atoms with E-state index in [-0.39, 0.29) is 12.3 Å². The average molecular weight is 366 g/mol. The van der Waals surface area contributed by atoms with Crippen molar-refractivity contribution in [1.82, 2.24) is 19.8 Å². The maximum atomic E-state index is 12.1. The van der Waals surface area contributed by atoms with Gasteiger partial charge in [0, 0.05) is 12.8 Å². The number of anilines is 1. The summed E-state index contributed by atoms with van der Waals surface area (Å²) in [5.74, 6) is -0.730. The highest BCUT2D eigenvalue weighted by molar-refractivity contribution is 7.16. The van der Waals surface area contributed by atoms with Crippen LogP contribution in [0.15, 0.2) is 24.5 Å². The minimum absolute atomic E-state index is 0.225. The topological polar surface area (TPSA) is 98.5 Å². The Balaban J connectivity index is 1.63. The van der Waals surface area contributed by atoms with Gasteiger partial charge in [-0.15, -0.1) is 10.2 Å². The van der Waals surface area contributed by atoms with Gasteiger partial charge in [0.2, 0.25) is 10.9 Å². The maximum absolute atomic E-state index is 12.1. The largest absolute Gasteiger partial charge is 0.465 e. The number of aromatic nitrogens is 4. The lowest BCUT2D eigenvalue weighted by Crippen LogP contribution is -2.13. The molecule has 0 spiro atoms. The fourth-order valence-electron chi connectivity index (χ4n) is 2.00. The second-order valence-corrected chi connectivity index (χ2v) is 6.24. The minimum atomic E-state index is -0.498. The van der Waals surface area contributed by atoms with Gasteiger partial charge in [0.1, 0.15) is 11.3 Å². The Bertz CT molecular complexity index is 878. The number of nitrogens with one attached hydrogen (secondary N) is 1. The molecule has 10 heteroatoms. The first-order chi connectivity index (χ1) is 11.6. The smallest absolute Gasteiger partial charge is 0.337 e. The molecule has 0 aliphatic carbocycles. The van der Waals surface area contributed by atoms with E-state index in [0.717, 1.165) is 5.01 Å². The van der Waals surface area contributed by atoms with Gasteiger partial charge in [0.25, 0.3) is 0 Å². The molecule has 124 valence electrons. The Morgan fingerprint density at radius 3 is 3.00 bits per heavy atom. The Morgan fingerprint density at radius 1 is 1.42 bits per heavy atom. The summed E-state index contributed by atoms with van der Waals surface area (Å²) in [4.78, 5) is 24.3. The lowest BCUT2D eigenvalue weighted by Gasteiger charge is -2.08. The van der Waals surface area contributed by atoms with Gasteiger partial charge < -0.3 is 10.1 Å². The van der Waals surface area contributed by atoms with Crippen LogP contribution < -0.4 is 5.32 Å². The Hall–Kier alpha value is -2.52. The van der Waals surface area contributed by atoms with Crippen LogP contribution >= 0.6 is 22.9 Å². The van der Waals surface area contributed by atoms with E-state index in [0.29, 0.717) is 27.7 Å². The number of aryl methyl sites for hydroxylation is 1. The van der Waals surface area contributed by atoms with Crippen LogP contribution in [0.25, 0.3) is 4.96 Å². The van der Waals surface area contributed by atoms with Gasteiger partial charge >= 0.3 is 5.97 Å². The lowest BCUT2D eigenvalue weighted by molar-refractivity contribution is -0.116. The van der Waals surface area contributed by atoms with Crippen LogP contribution in [0.4, 0.5) is 5.69 Å². The average Bonchev–Trinajstić information content (AvgIpc) is 3.15. The number of amides is 1. The van der Waals surface area contributed by atoms with E-state index in [2.05, 4.69) is 25.3 Å². The number of hydrogen-bond donors (Lipinski definition) is 1. The molecule has 0 saturated carbocycles. The quantitative estimate of drug-likeness (QED) is 0.696. The monoisotopic (exact) mass is 365 g/mol. The van der Waals surface area contributed by atoms with Gasteiger partial charge in [0.15, 0.2) is 0 Å². The third-order valence-corrected chi connectivity index (χ3v) is 4.46. The third kappa shape index (κ3) is 3.52. The van der Waals surface area contributed by atoms with E-state index in [1.54, 1.807) is 4.52 Å². The van der Waals surface area contributed by atoms with Crippen LogP contribution in [0.2, 0.25) is 5.02 Å². The normalized spacial score (nSPS) is 10.8. The van der Waals surface area contributed by atoms with Crippen LogP contribution in [0.3, 0.4) is 0 Å². The molecule has 1 amide bonds. The van der Waals surface area contributed by atoms with Crippen LogP contribution in [-0.2, 0) is 16.0 Å². The molecule has 2 aromatic heterocycles. The van der Waals surface area contributed by atoms with Crippen molar-refractivity contribution in [3.8, 4) is 0 Å². The van der Waals surface area contributed by atoms with Gasteiger partial charge in [0.05, 0.1) is 23.4 Å². The SMILES string of the molecule is COC(=O)c1ccc(Cl)c(NC(=O)CCc2nn3cnnc3s2)c1. The fourth-order valence-corrected chi connectivity index (χ4v) is 2.98. The van der Waals surface area contributed by atoms with Gasteiger partial charge in [-0.1, -0.05) is 22.9 Å². The molecule has 3 aromatic rings. The zero-order valence-corrected chi connectivity index (χ0v) is 14.1. The molecule has 1 N–H and O–H groups in total. The number of rotatable bonds is 5. The first-order valence-corrected chi connectivity index (χ1v) is 8.09. The highest BCUT2D eigenvalue weighted by Gasteiger charge is 2.12. The zero-order valence-electron chi connectivity index (χ0n) is 12.5. The molecule has 0 saturated heterocycles. The van der Waals surface area contributed by atoms with Crippen LogP contribution in [0, 0.1) is 0 Å². The molecule has 0 bridgehead atoms. The molecule has 3 rings (SSSR count). The molecule has 0 unspecified atom stereocenters. The van der Waals surface area contributed by atoms with Crippen molar-refractivity contribution in [2.75, 3.05) is 12.4 Å². The number of ether oxygens (including phenoxy) is 1. The summed E-state index contributed by atoms with van der Waals surface area (Å²) in [6, 6.07) is 4.55. The number of fused-ring (bicyclic) bond motifs is 1. The molecular formula is C14H12ClN5O3S. The molecule has 2 heterocycles. The number of esters is 1. The standard InChI is InChI=1S/C14H12ClN5O3S/c1-23-13(22)8-2-3-9(15)10(6-8)17-11(21)4-5-12-19-20-7-16-18-14(20)24-12/h2-3,6-7H,4-5H2,1H3,(H,17,21). The van der Waals surface area contributed by atoms with Crippen molar-refractivity contribution in [2.24, 2.45) is 0 Å². The number of halogens is 1. The summed E-state index contributed by atoms with van der Waals surface area (Å²) in [6.07, 6.45) is 2.20. The number of carbonyl (C=O) groups excluding carboxylic acids is 2. The number of hydrogen-bond acceptors (Lipinski definition) is 7. The number of benzene rings is 1. The van der Waals surface area contributed by atoms with E-state index in [1.807, 2.05) is 0 Å². The molecular weight excluding hydrogens is 354 g/mol. The zero-order chi connectivity index (χ0) is 17.1. The first-order valence-electron chi connectivity index (χ1n) is 6.90. The third-order valence-electron chi connectivity index (χ3n) is 3.16. The van der Waals surface area contributed by atoms with Gasteiger partial charge in [-0.05, 0) is 18.2 Å². The molecule has 24 heavy (non-hydrogen) atoms. The molecule has 0 aliphatic heterocycles. The van der Waals surface area contributed by atoms with Crippen molar-refractivity contribution in [3.63, 3.8) is 0 Å². The van der Waals surface area contributed by atoms with E-state index < -0.39 is 5.97 Å². The predicted molar refractivity (Wildman–Crippen MR) is 88.4 cm³/mol. The van der Waals surface area contributed by atoms with Gasteiger partial charge in [-0.3, -0.25) is 4.79 Å². The van der Waals surface area contributed by atoms with Crippen LogP contribution in [0.1, 0.15) is 21.8 Å². The van der Waals surface area contributed by atoms with Gasteiger partial charge in [-0.25, -0.2) is 4.79 Å². The van der Waals surface area contributed by atoms with Gasteiger partial charge in [-0.2, -0.15) is 9.61 Å². The number of methoxy groups -OCH3 is 1. The highest BCUT2D eigenvalue weighted by Crippen LogP contribution is 2.24. The van der Waals surface area contributed by atoms with Crippen molar-refractivity contribution in [3.05, 3.63) is 40.1 Å². The summed E-state index contributed by atoms with van der Waals surface area (Å²) in [5.41, 5.74) is 0.675. The van der Waals surface area contributed by atoms with E-state index in [1.165, 1.54) is 43.0 Å². The molecule has 0 radical (unpaired) electrons. The predicted octanol–water partition coefficient (Wildman–Crippen LogP) is 2.20. The molecule has 0 fully saturated rings. The van der Waals surface area contributed by atoms with Crippen LogP contribution in [-0.4, -0.2) is 38.8 Å². The second-order valence-electron chi connectivity index (χ2n) is 4.79. The molecule has 0 atom stereocenters. The highest BCUT2D eigenvalue weighted by atomic mass is 35.5. The minimum Gasteiger partial charge on any atom is -0.465 e. The Labute approximate surface area is 145 Å². The molecule has 1 aromatic carbocycles. The summed E-state index contributed by atoms with van der Waals surface area (Å²) < 4.78 is 6.21. The van der Waals surface area contributed by atoms with Crippen LogP contribution in [0.5, 0.6) is 0 Å². The first kappa shape index (κ1) is 16.3. The second kappa shape index (κ2) is 6.93. The fraction of sp³-hybridized carbons (Fsp3) is 0.214. The van der Waals surface area contributed by atoms with E-state index in [9.17, 15) is 9.59 Å². The molecule has 0 aliphatic rings. The van der Waals surface area contributed by atoms with Crippen molar-refractivity contribution < 1.29 is 14.3 Å². The van der Waals surface area contributed by atoms with E-state index >= 15 is 0 Å². The number of nitrogens with zero attached hydrogens (tertiary/aromatic N) is 4. The Kier molecular flexibility index (Phi) is 4.72. The summed E-state index contributed by atoms with van der Waals surface area (Å²) >= 11 is 7.42.